The van der Waals surface area contributed by atoms with E-state index in [4.69, 9.17) is 4.74 Å². The Hall–Kier alpha value is -0.510. The summed E-state index contributed by atoms with van der Waals surface area (Å²) in [5.74, 6) is 1.85. The summed E-state index contributed by atoms with van der Waals surface area (Å²) in [5, 5.41) is 3.73. The molecule has 0 bridgehead atoms. The largest absolute Gasteiger partial charge is 0.381 e. The molecule has 0 amide bonds. The van der Waals surface area contributed by atoms with E-state index in [2.05, 4.69) is 30.4 Å². The van der Waals surface area contributed by atoms with Gasteiger partial charge in [0.2, 0.25) is 0 Å². The van der Waals surface area contributed by atoms with Crippen LogP contribution in [0.2, 0.25) is 0 Å². The molecule has 1 heterocycles. The van der Waals surface area contributed by atoms with Crippen LogP contribution in [0.3, 0.4) is 0 Å². The maximum Gasteiger partial charge on any atom is 0.0510 e. The van der Waals surface area contributed by atoms with Crippen LogP contribution < -0.4 is 5.32 Å². The zero-order valence-electron chi connectivity index (χ0n) is 13.1. The summed E-state index contributed by atoms with van der Waals surface area (Å²) < 4.78 is 5.58. The van der Waals surface area contributed by atoms with Gasteiger partial charge in [0.05, 0.1) is 6.61 Å². The third-order valence-corrected chi connectivity index (χ3v) is 5.80. The molecule has 1 saturated heterocycles. The fourth-order valence-electron chi connectivity index (χ4n) is 3.39. The average molecular weight is 305 g/mol. The van der Waals surface area contributed by atoms with Gasteiger partial charge in [0.1, 0.15) is 0 Å². The number of ether oxygens (including phenoxy) is 1. The molecule has 116 valence electrons. The number of thioether (sulfide) groups is 1. The molecule has 0 saturated carbocycles. The summed E-state index contributed by atoms with van der Waals surface area (Å²) in [6.07, 6.45) is 6.31. The molecule has 3 rings (SSSR count). The van der Waals surface area contributed by atoms with Gasteiger partial charge in [-0.1, -0.05) is 13.0 Å². The second-order valence-corrected chi connectivity index (χ2v) is 7.37. The first-order chi connectivity index (χ1) is 10.4. The van der Waals surface area contributed by atoms with E-state index in [0.717, 1.165) is 25.5 Å². The van der Waals surface area contributed by atoms with Gasteiger partial charge in [-0.2, -0.15) is 0 Å². The molecule has 3 heteroatoms. The van der Waals surface area contributed by atoms with Crippen molar-refractivity contribution in [2.75, 3.05) is 25.5 Å². The van der Waals surface area contributed by atoms with E-state index in [9.17, 15) is 0 Å². The molecule has 2 unspecified atom stereocenters. The Morgan fingerprint density at radius 2 is 2.24 bits per heavy atom. The third-order valence-electron chi connectivity index (χ3n) is 4.69. The molecule has 1 N–H and O–H groups in total. The molecular formula is C18H27NOS. The maximum atomic E-state index is 5.58. The maximum absolute atomic E-state index is 5.58. The van der Waals surface area contributed by atoms with Crippen molar-refractivity contribution in [3.63, 3.8) is 0 Å². The lowest BCUT2D eigenvalue weighted by molar-refractivity contribution is 0.179. The Bertz CT molecular complexity index is 457. The van der Waals surface area contributed by atoms with E-state index < -0.39 is 0 Å². The smallest absolute Gasteiger partial charge is 0.0510 e. The zero-order valence-corrected chi connectivity index (χ0v) is 13.9. The monoisotopic (exact) mass is 305 g/mol. The molecule has 21 heavy (non-hydrogen) atoms. The molecular weight excluding hydrogens is 278 g/mol. The first-order valence-electron chi connectivity index (χ1n) is 8.42. The molecule has 1 aromatic rings. The van der Waals surface area contributed by atoms with Gasteiger partial charge in [-0.3, -0.25) is 0 Å². The first kappa shape index (κ1) is 15.4. The van der Waals surface area contributed by atoms with Crippen molar-refractivity contribution in [3.8, 4) is 0 Å². The molecule has 1 aliphatic carbocycles. The van der Waals surface area contributed by atoms with Crippen LogP contribution in [-0.2, 0) is 17.6 Å². The highest BCUT2D eigenvalue weighted by Gasteiger charge is 2.25. The Morgan fingerprint density at radius 3 is 3.05 bits per heavy atom. The summed E-state index contributed by atoms with van der Waals surface area (Å²) in [6.45, 7) is 5.24. The standard InChI is InChI=1S/C18H27NOS/c1-2-9-19-18(16-8-10-20-12-16)13-21-17-7-6-14-4-3-5-15(14)11-17/h6-7,11,16,18-19H,2-5,8-10,12-13H2,1H3. The lowest BCUT2D eigenvalue weighted by Crippen LogP contribution is -2.39. The highest BCUT2D eigenvalue weighted by atomic mass is 32.2. The number of rotatable bonds is 7. The second-order valence-electron chi connectivity index (χ2n) is 6.28. The minimum absolute atomic E-state index is 0.589. The van der Waals surface area contributed by atoms with E-state index in [-0.39, 0.29) is 0 Å². The van der Waals surface area contributed by atoms with Crippen LogP contribution in [0.25, 0.3) is 0 Å². The van der Waals surface area contributed by atoms with Gasteiger partial charge in [-0.25, -0.2) is 0 Å². The Morgan fingerprint density at radius 1 is 1.33 bits per heavy atom. The molecule has 2 atom stereocenters. The van der Waals surface area contributed by atoms with E-state index in [1.165, 1.54) is 37.0 Å². The first-order valence-corrected chi connectivity index (χ1v) is 9.41. The van der Waals surface area contributed by atoms with Crippen LogP contribution in [0, 0.1) is 5.92 Å². The number of nitrogens with one attached hydrogen (secondary N) is 1. The zero-order chi connectivity index (χ0) is 14.5. The van der Waals surface area contributed by atoms with Gasteiger partial charge in [-0.05, 0) is 61.9 Å². The van der Waals surface area contributed by atoms with Crippen LogP contribution >= 0.6 is 11.8 Å². The SMILES string of the molecule is CCCNC(CSc1ccc2c(c1)CCC2)C1CCOC1. The molecule has 1 fully saturated rings. The van der Waals surface area contributed by atoms with Gasteiger partial charge in [0.25, 0.3) is 0 Å². The fraction of sp³-hybridized carbons (Fsp3) is 0.667. The quantitative estimate of drug-likeness (QED) is 0.777. The number of aryl methyl sites for hydroxylation is 2. The summed E-state index contributed by atoms with van der Waals surface area (Å²) in [5.41, 5.74) is 3.16. The topological polar surface area (TPSA) is 21.3 Å². The second kappa shape index (κ2) is 7.66. The van der Waals surface area contributed by atoms with E-state index >= 15 is 0 Å². The van der Waals surface area contributed by atoms with Crippen molar-refractivity contribution in [2.24, 2.45) is 5.92 Å². The van der Waals surface area contributed by atoms with Crippen molar-refractivity contribution in [1.82, 2.24) is 5.32 Å². The van der Waals surface area contributed by atoms with Crippen LogP contribution in [0.15, 0.2) is 23.1 Å². The van der Waals surface area contributed by atoms with Crippen LogP contribution in [-0.4, -0.2) is 31.6 Å². The Labute approximate surface area is 133 Å². The van der Waals surface area contributed by atoms with Gasteiger partial charge in [0.15, 0.2) is 0 Å². The summed E-state index contributed by atoms with van der Waals surface area (Å²) in [7, 11) is 0. The average Bonchev–Trinajstić information content (AvgIpc) is 3.18. The van der Waals surface area contributed by atoms with Crippen LogP contribution in [0.4, 0.5) is 0 Å². The van der Waals surface area contributed by atoms with Crippen molar-refractivity contribution < 1.29 is 4.74 Å². The van der Waals surface area contributed by atoms with Gasteiger partial charge >= 0.3 is 0 Å². The summed E-state index contributed by atoms with van der Waals surface area (Å²) in [4.78, 5) is 1.44. The normalized spacial score (nSPS) is 22.4. The van der Waals surface area contributed by atoms with E-state index in [1.54, 1.807) is 11.1 Å². The summed E-state index contributed by atoms with van der Waals surface area (Å²) in [6, 6.07) is 7.68. The van der Waals surface area contributed by atoms with E-state index in [1.807, 2.05) is 11.8 Å². The van der Waals surface area contributed by atoms with Crippen LogP contribution in [0.5, 0.6) is 0 Å². The minimum Gasteiger partial charge on any atom is -0.381 e. The van der Waals surface area contributed by atoms with Crippen LogP contribution in [0.1, 0.15) is 37.3 Å². The van der Waals surface area contributed by atoms with Crippen molar-refractivity contribution in [2.45, 2.75) is 50.0 Å². The highest BCUT2D eigenvalue weighted by molar-refractivity contribution is 7.99. The third kappa shape index (κ3) is 4.02. The molecule has 2 aliphatic rings. The number of fused-ring (bicyclic) bond motifs is 1. The van der Waals surface area contributed by atoms with E-state index in [0.29, 0.717) is 12.0 Å². The molecule has 0 aromatic heterocycles. The van der Waals surface area contributed by atoms with Gasteiger partial charge < -0.3 is 10.1 Å². The number of hydrogen-bond acceptors (Lipinski definition) is 3. The lowest BCUT2D eigenvalue weighted by Gasteiger charge is -2.23. The van der Waals surface area contributed by atoms with Crippen molar-refractivity contribution >= 4 is 11.8 Å². The number of benzene rings is 1. The molecule has 1 aliphatic heterocycles. The molecule has 0 radical (unpaired) electrons. The van der Waals surface area contributed by atoms with Crippen molar-refractivity contribution in [3.05, 3.63) is 29.3 Å². The van der Waals surface area contributed by atoms with Gasteiger partial charge in [0, 0.05) is 29.2 Å². The Kier molecular flexibility index (Phi) is 5.61. The predicted octanol–water partition coefficient (Wildman–Crippen LogP) is 3.67. The molecule has 1 aromatic carbocycles. The summed E-state index contributed by atoms with van der Waals surface area (Å²) >= 11 is 2.01. The van der Waals surface area contributed by atoms with Crippen molar-refractivity contribution in [1.29, 1.82) is 0 Å². The Balaban J connectivity index is 1.57. The fourth-order valence-corrected chi connectivity index (χ4v) is 4.54. The molecule has 2 nitrogen and oxygen atoms in total. The minimum atomic E-state index is 0.589. The highest BCUT2D eigenvalue weighted by Crippen LogP contribution is 2.29. The van der Waals surface area contributed by atoms with Gasteiger partial charge in [-0.15, -0.1) is 11.8 Å². The molecule has 0 spiro atoms. The predicted molar refractivity (Wildman–Crippen MR) is 90.2 cm³/mol. The lowest BCUT2D eigenvalue weighted by atomic mass is 10.0. The number of hydrogen-bond donors (Lipinski definition) is 1.